The second kappa shape index (κ2) is 8.49. The highest BCUT2D eigenvalue weighted by atomic mass is 32.2. The van der Waals surface area contributed by atoms with Crippen LogP contribution < -0.4 is 0 Å². The number of esters is 3. The number of hydrogen-bond acceptors (Lipinski definition) is 8. The van der Waals surface area contributed by atoms with Crippen LogP contribution in [0.1, 0.15) is 41.5 Å². The third-order valence-corrected chi connectivity index (χ3v) is 6.26. The van der Waals surface area contributed by atoms with Gasteiger partial charge in [-0.25, -0.2) is 9.00 Å². The summed E-state index contributed by atoms with van der Waals surface area (Å²) in [6.07, 6.45) is -0.913. The van der Waals surface area contributed by atoms with E-state index >= 15 is 0 Å². The van der Waals surface area contributed by atoms with Gasteiger partial charge in [-0.3, -0.25) is 19.3 Å². The number of carbonyl (C=O) groups excluding carboxylic acids is 4. The Morgan fingerprint density at radius 3 is 2.37 bits per heavy atom. The number of hydrogen-bond donors (Lipinski definition) is 0. The van der Waals surface area contributed by atoms with Crippen molar-refractivity contribution >= 4 is 39.7 Å². The van der Waals surface area contributed by atoms with Crippen molar-refractivity contribution in [2.45, 2.75) is 53.0 Å². The van der Waals surface area contributed by atoms with Gasteiger partial charge in [0.05, 0.1) is 11.0 Å². The van der Waals surface area contributed by atoms with Gasteiger partial charge in [-0.2, -0.15) is 4.79 Å². The topological polar surface area (TPSA) is 153 Å². The number of ether oxygens (including phenoxy) is 3. The molecule has 0 saturated carbocycles. The molecule has 0 spiro atoms. The zero-order chi connectivity index (χ0) is 23.0. The van der Waals surface area contributed by atoms with Gasteiger partial charge in [-0.05, 0) is 34.6 Å². The van der Waals surface area contributed by atoms with E-state index in [1.54, 1.807) is 20.8 Å². The van der Waals surface area contributed by atoms with Crippen molar-refractivity contribution in [3.63, 3.8) is 0 Å². The molecule has 0 aliphatic carbocycles. The third-order valence-electron chi connectivity index (χ3n) is 4.55. The SMILES string of the molecule is CC(=O)OC(C)C1C(=O)N2C(C(=O)OCOC(=O)C(C)(C)C)=C(C)C(=[N+]=[N-])S(=O)[C@H]12. The van der Waals surface area contributed by atoms with Crippen molar-refractivity contribution in [2.24, 2.45) is 11.3 Å². The molecule has 0 aromatic heterocycles. The molecule has 0 bridgehead atoms. The van der Waals surface area contributed by atoms with Crippen molar-refractivity contribution < 1.29 is 42.4 Å². The monoisotopic (exact) mass is 441 g/mol. The fourth-order valence-electron chi connectivity index (χ4n) is 3.06. The standard InChI is InChI=1S/C18H23N3O8S/c1-8-12(16(24)27-7-28-17(25)18(4,5)6)21-14(23)11(9(2)29-10(3)22)15(21)30(26)13(8)20-19/h9,11,15H,7H2,1-6H3/t9?,11?,15-,30?/m1/s1. The second-order valence-electron chi connectivity index (χ2n) is 7.85. The van der Waals surface area contributed by atoms with E-state index in [1.807, 2.05) is 0 Å². The van der Waals surface area contributed by atoms with Gasteiger partial charge in [0.25, 0.3) is 0 Å². The van der Waals surface area contributed by atoms with Crippen LogP contribution in [0.25, 0.3) is 5.53 Å². The lowest BCUT2D eigenvalue weighted by molar-refractivity contribution is -0.176. The Morgan fingerprint density at radius 1 is 1.27 bits per heavy atom. The van der Waals surface area contributed by atoms with Crippen molar-refractivity contribution in [2.75, 3.05) is 6.79 Å². The van der Waals surface area contributed by atoms with Crippen LogP contribution in [0.15, 0.2) is 11.3 Å². The molecular formula is C18H23N3O8S. The Morgan fingerprint density at radius 2 is 1.87 bits per heavy atom. The van der Waals surface area contributed by atoms with E-state index in [2.05, 4.69) is 4.79 Å². The maximum atomic E-state index is 12.8. The number of nitrogens with zero attached hydrogens (tertiary/aromatic N) is 3. The van der Waals surface area contributed by atoms with Crippen LogP contribution in [-0.2, 0) is 44.2 Å². The minimum Gasteiger partial charge on any atom is -0.462 e. The van der Waals surface area contributed by atoms with Gasteiger partial charge in [0.15, 0.2) is 10.8 Å². The first-order valence-corrected chi connectivity index (χ1v) is 10.2. The van der Waals surface area contributed by atoms with E-state index in [1.165, 1.54) is 20.8 Å². The predicted molar refractivity (Wildman–Crippen MR) is 101 cm³/mol. The number of carbonyl (C=O) groups is 4. The average molecular weight is 441 g/mol. The van der Waals surface area contributed by atoms with Gasteiger partial charge in [-0.15, -0.1) is 0 Å². The summed E-state index contributed by atoms with van der Waals surface area (Å²) in [6.45, 7) is 8.15. The normalized spacial score (nSPS) is 24.3. The van der Waals surface area contributed by atoms with Gasteiger partial charge in [0.2, 0.25) is 12.7 Å². The third kappa shape index (κ3) is 4.19. The first-order chi connectivity index (χ1) is 13.8. The summed E-state index contributed by atoms with van der Waals surface area (Å²) in [5.74, 6) is -3.85. The molecule has 1 amide bonds. The molecule has 12 heteroatoms. The molecule has 3 unspecified atom stereocenters. The lowest BCUT2D eigenvalue weighted by atomic mass is 9.91. The van der Waals surface area contributed by atoms with Crippen LogP contribution in [0.5, 0.6) is 0 Å². The van der Waals surface area contributed by atoms with Gasteiger partial charge >= 0.3 is 23.0 Å². The summed E-state index contributed by atoms with van der Waals surface area (Å²) in [6, 6.07) is 0. The fraction of sp³-hybridized carbons (Fsp3) is 0.611. The van der Waals surface area contributed by atoms with Gasteiger partial charge < -0.3 is 19.7 Å². The first-order valence-electron chi connectivity index (χ1n) is 9.01. The zero-order valence-corrected chi connectivity index (χ0v) is 18.3. The molecule has 0 radical (unpaired) electrons. The molecule has 11 nitrogen and oxygen atoms in total. The quantitative estimate of drug-likeness (QED) is 0.196. The van der Waals surface area contributed by atoms with Crippen LogP contribution in [0.2, 0.25) is 0 Å². The average Bonchev–Trinajstić information content (AvgIpc) is 2.61. The van der Waals surface area contributed by atoms with Crippen molar-refractivity contribution in [3.8, 4) is 0 Å². The summed E-state index contributed by atoms with van der Waals surface area (Å²) in [7, 11) is -1.98. The number of β-lactam (4-membered cyclic amide) rings is 1. The molecule has 2 aliphatic heterocycles. The summed E-state index contributed by atoms with van der Waals surface area (Å²) in [5, 5.41) is -1.39. The van der Waals surface area contributed by atoms with Crippen molar-refractivity contribution in [1.82, 2.24) is 4.90 Å². The molecule has 1 saturated heterocycles. The lowest BCUT2D eigenvalue weighted by Gasteiger charge is -2.49. The van der Waals surface area contributed by atoms with Gasteiger partial charge in [0.1, 0.15) is 23.1 Å². The summed E-state index contributed by atoms with van der Waals surface area (Å²) < 4.78 is 27.6. The van der Waals surface area contributed by atoms with E-state index in [9.17, 15) is 28.9 Å². The number of rotatable bonds is 5. The van der Waals surface area contributed by atoms with Crippen LogP contribution in [0, 0.1) is 11.3 Å². The Bertz CT molecular complexity index is 913. The van der Waals surface area contributed by atoms with E-state index in [-0.39, 0.29) is 16.3 Å². The Balaban J connectivity index is 2.28. The maximum Gasteiger partial charge on any atom is 0.386 e. The van der Waals surface area contributed by atoms with E-state index in [0.717, 1.165) is 4.90 Å². The van der Waals surface area contributed by atoms with E-state index < -0.39 is 64.2 Å². The largest absolute Gasteiger partial charge is 0.462 e. The predicted octanol–water partition coefficient (Wildman–Crippen LogP) is 0.477. The van der Waals surface area contributed by atoms with Gasteiger partial charge in [0, 0.05) is 6.92 Å². The molecule has 164 valence electrons. The van der Waals surface area contributed by atoms with Crippen molar-refractivity contribution in [3.05, 3.63) is 16.8 Å². The van der Waals surface area contributed by atoms with E-state index in [0.29, 0.717) is 0 Å². The minimum atomic E-state index is -1.98. The molecule has 2 aliphatic rings. The molecule has 1 fully saturated rings. The lowest BCUT2D eigenvalue weighted by Crippen LogP contribution is -2.69. The summed E-state index contributed by atoms with van der Waals surface area (Å²) in [4.78, 5) is 52.3. The fourth-order valence-corrected chi connectivity index (χ4v) is 4.77. The van der Waals surface area contributed by atoms with Crippen LogP contribution in [0.3, 0.4) is 0 Å². The molecule has 0 N–H and O–H groups in total. The highest BCUT2D eigenvalue weighted by Gasteiger charge is 2.62. The minimum absolute atomic E-state index is 0.0221. The summed E-state index contributed by atoms with van der Waals surface area (Å²) in [5.41, 5.74) is 8.17. The molecule has 4 atom stereocenters. The van der Waals surface area contributed by atoms with Gasteiger partial charge in [-0.1, -0.05) is 0 Å². The van der Waals surface area contributed by atoms with Crippen molar-refractivity contribution in [1.29, 1.82) is 0 Å². The van der Waals surface area contributed by atoms with Crippen LogP contribution in [0.4, 0.5) is 0 Å². The molecule has 0 aromatic carbocycles. The number of fused-ring (bicyclic) bond motifs is 1. The zero-order valence-electron chi connectivity index (χ0n) is 17.5. The smallest absolute Gasteiger partial charge is 0.386 e. The molecule has 2 heterocycles. The second-order valence-corrected chi connectivity index (χ2v) is 9.31. The highest BCUT2D eigenvalue weighted by Crippen LogP contribution is 2.41. The molecule has 30 heavy (non-hydrogen) atoms. The Labute approximate surface area is 175 Å². The Kier molecular flexibility index (Phi) is 6.63. The van der Waals surface area contributed by atoms with Crippen LogP contribution in [-0.4, -0.2) is 61.0 Å². The van der Waals surface area contributed by atoms with Crippen LogP contribution >= 0.6 is 0 Å². The van der Waals surface area contributed by atoms with E-state index in [4.69, 9.17) is 14.2 Å². The summed E-state index contributed by atoms with van der Waals surface area (Å²) >= 11 is 0. The Hall–Kier alpha value is -2.85. The maximum absolute atomic E-state index is 12.8. The molecule has 2 rings (SSSR count). The number of amides is 1. The molecule has 0 aromatic rings. The first kappa shape index (κ1) is 23.4. The highest BCUT2D eigenvalue weighted by molar-refractivity contribution is 8.01. The molecular weight excluding hydrogens is 418 g/mol.